The lowest BCUT2D eigenvalue weighted by atomic mass is 9.99. The van der Waals surface area contributed by atoms with E-state index in [-0.39, 0.29) is 5.69 Å². The number of hydrogen-bond donors (Lipinski definition) is 1. The lowest BCUT2D eigenvalue weighted by Gasteiger charge is -2.20. The number of rotatable bonds is 5. The van der Waals surface area contributed by atoms with Gasteiger partial charge in [0.05, 0.1) is 22.9 Å². The van der Waals surface area contributed by atoms with Gasteiger partial charge in [-0.1, -0.05) is 25.5 Å². The fourth-order valence-electron chi connectivity index (χ4n) is 2.58. The first kappa shape index (κ1) is 19.4. The highest BCUT2D eigenvalue weighted by molar-refractivity contribution is 5.92. The maximum atomic E-state index is 12.9. The van der Waals surface area contributed by atoms with Gasteiger partial charge in [-0.25, -0.2) is 4.98 Å². The second-order valence-electron chi connectivity index (χ2n) is 5.88. The molecule has 2 rings (SSSR count). The molecule has 1 aromatic heterocycles. The van der Waals surface area contributed by atoms with Crippen molar-refractivity contribution < 1.29 is 18.0 Å². The van der Waals surface area contributed by atoms with Crippen LogP contribution in [0.4, 0.5) is 13.2 Å². The summed E-state index contributed by atoms with van der Waals surface area (Å²) < 4.78 is 38.8. The zero-order valence-electron chi connectivity index (χ0n) is 14.4. The van der Waals surface area contributed by atoms with Crippen LogP contribution in [0.2, 0.25) is 0 Å². The number of nitriles is 1. The normalized spacial score (nSPS) is 12.3. The first-order valence-corrected chi connectivity index (χ1v) is 8.12. The van der Waals surface area contributed by atoms with Crippen LogP contribution in [-0.4, -0.2) is 10.9 Å². The molecule has 0 bridgehead atoms. The van der Waals surface area contributed by atoms with E-state index in [0.29, 0.717) is 29.7 Å². The van der Waals surface area contributed by atoms with Gasteiger partial charge in [-0.15, -0.1) is 0 Å². The van der Waals surface area contributed by atoms with Crippen LogP contribution >= 0.6 is 0 Å². The van der Waals surface area contributed by atoms with Gasteiger partial charge in [-0.05, 0) is 43.2 Å². The van der Waals surface area contributed by atoms with Crippen LogP contribution < -0.4 is 5.32 Å². The largest absolute Gasteiger partial charge is 0.416 e. The molecular weight excluding hydrogens is 343 g/mol. The summed E-state index contributed by atoms with van der Waals surface area (Å²) in [6.45, 7) is 3.50. The summed E-state index contributed by atoms with van der Waals surface area (Å²) in [5.41, 5.74) is 0.545. The van der Waals surface area contributed by atoms with Crippen molar-refractivity contribution in [1.29, 1.82) is 5.26 Å². The molecule has 1 atom stereocenters. The van der Waals surface area contributed by atoms with Gasteiger partial charge in [0.25, 0.3) is 5.91 Å². The first-order chi connectivity index (χ1) is 12.3. The lowest BCUT2D eigenvalue weighted by Crippen LogP contribution is -2.29. The molecule has 7 heteroatoms. The van der Waals surface area contributed by atoms with E-state index in [2.05, 4.69) is 10.3 Å². The number of aryl methyl sites for hydroxylation is 1. The molecule has 0 aliphatic heterocycles. The predicted molar refractivity (Wildman–Crippen MR) is 90.2 cm³/mol. The number of alkyl halides is 3. The molecule has 1 amide bonds. The van der Waals surface area contributed by atoms with Gasteiger partial charge in [0.2, 0.25) is 0 Å². The highest BCUT2D eigenvalue weighted by atomic mass is 19.4. The minimum Gasteiger partial charge on any atom is -0.344 e. The summed E-state index contributed by atoms with van der Waals surface area (Å²) in [6, 6.07) is 9.28. The third-order valence-electron chi connectivity index (χ3n) is 3.94. The summed E-state index contributed by atoms with van der Waals surface area (Å²) in [6.07, 6.45) is -3.27. The minimum atomic E-state index is -4.44. The third-order valence-corrected chi connectivity index (χ3v) is 3.94. The molecule has 26 heavy (non-hydrogen) atoms. The topological polar surface area (TPSA) is 65.8 Å². The number of nitrogens with zero attached hydrogens (tertiary/aromatic N) is 2. The maximum Gasteiger partial charge on any atom is 0.416 e. The number of nitrogens with one attached hydrogen (secondary N) is 1. The molecule has 1 N–H and O–H groups in total. The van der Waals surface area contributed by atoms with E-state index in [0.717, 1.165) is 12.1 Å². The zero-order chi connectivity index (χ0) is 19.3. The molecule has 0 aliphatic carbocycles. The Bertz CT molecular complexity index is 841. The third kappa shape index (κ3) is 4.60. The van der Waals surface area contributed by atoms with Crippen LogP contribution in [0, 0.1) is 18.3 Å². The fourth-order valence-corrected chi connectivity index (χ4v) is 2.58. The number of amides is 1. The van der Waals surface area contributed by atoms with E-state index in [1.54, 1.807) is 13.0 Å². The molecule has 4 nitrogen and oxygen atoms in total. The highest BCUT2D eigenvalue weighted by Gasteiger charge is 2.31. The van der Waals surface area contributed by atoms with Crippen molar-refractivity contribution >= 4 is 5.91 Å². The van der Waals surface area contributed by atoms with Gasteiger partial charge in [0.1, 0.15) is 11.8 Å². The summed E-state index contributed by atoms with van der Waals surface area (Å²) >= 11 is 0. The van der Waals surface area contributed by atoms with E-state index < -0.39 is 23.7 Å². The second kappa shape index (κ2) is 8.00. The summed E-state index contributed by atoms with van der Waals surface area (Å²) in [5.74, 6) is -0.492. The van der Waals surface area contributed by atoms with Crippen molar-refractivity contribution in [3.63, 3.8) is 0 Å². The maximum absolute atomic E-state index is 12.9. The Kier molecular flexibility index (Phi) is 5.98. The van der Waals surface area contributed by atoms with Crippen molar-refractivity contribution in [2.24, 2.45) is 0 Å². The van der Waals surface area contributed by atoms with Gasteiger partial charge in [0.15, 0.2) is 0 Å². The summed E-state index contributed by atoms with van der Waals surface area (Å²) in [7, 11) is 0. The van der Waals surface area contributed by atoms with Crippen LogP contribution in [0.5, 0.6) is 0 Å². The molecule has 1 unspecified atom stereocenters. The van der Waals surface area contributed by atoms with E-state index >= 15 is 0 Å². The molecule has 0 saturated carbocycles. The molecule has 2 aromatic rings. The SMILES string of the molecule is CCCC(NC(=O)c1ccc(C#N)c(C)n1)c1cccc(C(F)(F)F)c1. The van der Waals surface area contributed by atoms with Crippen LogP contribution in [0.15, 0.2) is 36.4 Å². The summed E-state index contributed by atoms with van der Waals surface area (Å²) in [4.78, 5) is 16.6. The lowest BCUT2D eigenvalue weighted by molar-refractivity contribution is -0.137. The smallest absolute Gasteiger partial charge is 0.344 e. The first-order valence-electron chi connectivity index (χ1n) is 8.12. The second-order valence-corrected chi connectivity index (χ2v) is 5.88. The van der Waals surface area contributed by atoms with E-state index in [1.165, 1.54) is 18.2 Å². The Morgan fingerprint density at radius 2 is 2.04 bits per heavy atom. The molecule has 1 aromatic carbocycles. The molecule has 0 fully saturated rings. The molecule has 0 aliphatic rings. The molecule has 0 spiro atoms. The summed E-state index contributed by atoms with van der Waals surface area (Å²) in [5, 5.41) is 11.7. The van der Waals surface area contributed by atoms with Gasteiger partial charge < -0.3 is 5.32 Å². The Labute approximate surface area is 149 Å². The molecule has 136 valence electrons. The van der Waals surface area contributed by atoms with Crippen molar-refractivity contribution in [3.05, 3.63) is 64.5 Å². The van der Waals surface area contributed by atoms with Crippen molar-refractivity contribution in [3.8, 4) is 6.07 Å². The predicted octanol–water partition coefficient (Wildman–Crippen LogP) is 4.55. The van der Waals surface area contributed by atoms with Crippen molar-refractivity contribution in [2.45, 2.75) is 38.9 Å². The van der Waals surface area contributed by atoms with Crippen molar-refractivity contribution in [1.82, 2.24) is 10.3 Å². The standard InChI is InChI=1S/C19H18F3N3O/c1-3-5-16(13-6-4-7-15(10-13)19(20,21)22)25-18(26)17-9-8-14(11-23)12(2)24-17/h4,6-10,16H,3,5H2,1-2H3,(H,25,26). The molecular formula is C19H18F3N3O. The Morgan fingerprint density at radius 3 is 2.62 bits per heavy atom. The zero-order valence-corrected chi connectivity index (χ0v) is 14.4. The van der Waals surface area contributed by atoms with E-state index in [4.69, 9.17) is 5.26 Å². The number of benzene rings is 1. The van der Waals surface area contributed by atoms with Crippen molar-refractivity contribution in [2.75, 3.05) is 0 Å². The molecule has 0 radical (unpaired) electrons. The number of halogens is 3. The highest BCUT2D eigenvalue weighted by Crippen LogP contribution is 2.31. The van der Waals surface area contributed by atoms with Crippen LogP contribution in [0.1, 0.15) is 58.7 Å². The number of carbonyl (C=O) groups excluding carboxylic acids is 1. The number of pyridine rings is 1. The van der Waals surface area contributed by atoms with E-state index in [1.807, 2.05) is 13.0 Å². The number of carbonyl (C=O) groups is 1. The van der Waals surface area contributed by atoms with Gasteiger partial charge in [-0.2, -0.15) is 18.4 Å². The molecule has 1 heterocycles. The van der Waals surface area contributed by atoms with Gasteiger partial charge >= 0.3 is 6.18 Å². The average molecular weight is 361 g/mol. The number of aromatic nitrogens is 1. The van der Waals surface area contributed by atoms with Gasteiger partial charge in [0, 0.05) is 0 Å². The molecule has 0 saturated heterocycles. The monoisotopic (exact) mass is 361 g/mol. The Balaban J connectivity index is 2.27. The van der Waals surface area contributed by atoms with Gasteiger partial charge in [-0.3, -0.25) is 4.79 Å². The Morgan fingerprint density at radius 1 is 1.31 bits per heavy atom. The average Bonchev–Trinajstić information content (AvgIpc) is 2.60. The van der Waals surface area contributed by atoms with E-state index in [9.17, 15) is 18.0 Å². The van der Waals surface area contributed by atoms with Crippen LogP contribution in [0.3, 0.4) is 0 Å². The number of hydrogen-bond acceptors (Lipinski definition) is 3. The quantitative estimate of drug-likeness (QED) is 0.849. The Hall–Kier alpha value is -2.88. The minimum absolute atomic E-state index is 0.120. The van der Waals surface area contributed by atoms with Crippen LogP contribution in [-0.2, 0) is 6.18 Å². The fraction of sp³-hybridized carbons (Fsp3) is 0.316. The van der Waals surface area contributed by atoms with Crippen LogP contribution in [0.25, 0.3) is 0 Å².